The molecule has 1 aliphatic rings. The molecule has 0 amide bonds. The lowest BCUT2D eigenvalue weighted by atomic mass is 9.84. The van der Waals surface area contributed by atoms with Gasteiger partial charge in [-0.1, -0.05) is 25.0 Å². The van der Waals surface area contributed by atoms with E-state index >= 15 is 0 Å². The lowest BCUT2D eigenvalue weighted by Crippen LogP contribution is -2.54. The van der Waals surface area contributed by atoms with Crippen LogP contribution in [0.25, 0.3) is 0 Å². The predicted molar refractivity (Wildman–Crippen MR) is 112 cm³/mol. The number of hydrogen-bond donors (Lipinski definition) is 3. The fraction of sp³-hybridized carbons (Fsp3) is 0.682. The van der Waals surface area contributed by atoms with Crippen LogP contribution >= 0.6 is 0 Å². The van der Waals surface area contributed by atoms with Crippen LogP contribution in [0.15, 0.2) is 24.3 Å². The Morgan fingerprint density at radius 2 is 1.97 bits per heavy atom. The number of carbonyl (C=O) groups is 1. The first-order valence-corrected chi connectivity index (χ1v) is 10.5. The van der Waals surface area contributed by atoms with Crippen molar-refractivity contribution < 1.29 is 19.0 Å². The van der Waals surface area contributed by atoms with Crippen molar-refractivity contribution in [2.24, 2.45) is 5.92 Å². The zero-order valence-corrected chi connectivity index (χ0v) is 17.9. The molecule has 164 valence electrons. The molecule has 0 heterocycles. The van der Waals surface area contributed by atoms with E-state index in [1.54, 1.807) is 12.1 Å². The average molecular weight is 410 g/mol. The lowest BCUT2D eigenvalue weighted by molar-refractivity contribution is -0.149. The predicted octanol–water partition coefficient (Wildman–Crippen LogP) is 1.57. The number of halogens is 1. The third-order valence-electron chi connectivity index (χ3n) is 6.09. The number of nitrogens with zero attached hydrogens (tertiary/aromatic N) is 1. The van der Waals surface area contributed by atoms with Crippen LogP contribution in [0.2, 0.25) is 0 Å². The minimum absolute atomic E-state index is 0.0517. The van der Waals surface area contributed by atoms with E-state index < -0.39 is 12.0 Å². The second kappa shape index (κ2) is 12.2. The van der Waals surface area contributed by atoms with E-state index in [2.05, 4.69) is 15.5 Å². The highest BCUT2D eigenvalue weighted by molar-refractivity contribution is 5.75. The summed E-state index contributed by atoms with van der Waals surface area (Å²) in [5.74, 6) is -0.255. The Labute approximate surface area is 173 Å². The zero-order valence-electron chi connectivity index (χ0n) is 17.9. The van der Waals surface area contributed by atoms with Gasteiger partial charge in [0, 0.05) is 25.2 Å². The molecular formula is C22H36FN3O3. The van der Waals surface area contributed by atoms with Gasteiger partial charge in [-0.15, -0.1) is 0 Å². The van der Waals surface area contributed by atoms with Crippen molar-refractivity contribution in [3.05, 3.63) is 35.6 Å². The van der Waals surface area contributed by atoms with Crippen LogP contribution in [-0.2, 0) is 16.0 Å². The van der Waals surface area contributed by atoms with Crippen molar-refractivity contribution in [3.8, 4) is 0 Å². The number of carbonyl (C=O) groups excluding carboxylic acids is 1. The Balaban J connectivity index is 2.15. The third kappa shape index (κ3) is 7.03. The molecule has 0 radical (unpaired) electrons. The monoisotopic (exact) mass is 409 g/mol. The number of likely N-dealkylation sites (N-methyl/N-ethyl adjacent to an activating group) is 1. The summed E-state index contributed by atoms with van der Waals surface area (Å²) in [5.41, 5.74) is 1.02. The SMILES string of the molecule is CNC(Cc1ccc(F)cc1)CN(CC1CCCCC1NC)C(CO)C(=O)OC. The molecule has 4 unspecified atom stereocenters. The van der Waals surface area contributed by atoms with Gasteiger partial charge < -0.3 is 20.5 Å². The van der Waals surface area contributed by atoms with Gasteiger partial charge in [0.1, 0.15) is 11.9 Å². The van der Waals surface area contributed by atoms with E-state index in [1.807, 2.05) is 14.1 Å². The first-order chi connectivity index (χ1) is 14.0. The van der Waals surface area contributed by atoms with Gasteiger partial charge in [0.05, 0.1) is 13.7 Å². The highest BCUT2D eigenvalue weighted by Crippen LogP contribution is 2.26. The van der Waals surface area contributed by atoms with Crippen LogP contribution in [0.5, 0.6) is 0 Å². The smallest absolute Gasteiger partial charge is 0.325 e. The molecule has 1 saturated carbocycles. The van der Waals surface area contributed by atoms with Crippen molar-refractivity contribution in [2.75, 3.05) is 40.9 Å². The van der Waals surface area contributed by atoms with Gasteiger partial charge in [0.15, 0.2) is 0 Å². The molecule has 1 fully saturated rings. The van der Waals surface area contributed by atoms with E-state index in [0.29, 0.717) is 31.5 Å². The molecule has 4 atom stereocenters. The maximum atomic E-state index is 13.2. The van der Waals surface area contributed by atoms with Crippen LogP contribution in [0, 0.1) is 11.7 Å². The van der Waals surface area contributed by atoms with Gasteiger partial charge in [-0.3, -0.25) is 9.69 Å². The van der Waals surface area contributed by atoms with E-state index in [4.69, 9.17) is 4.74 Å². The number of hydrogen-bond acceptors (Lipinski definition) is 6. The summed E-state index contributed by atoms with van der Waals surface area (Å²) >= 11 is 0. The topological polar surface area (TPSA) is 73.8 Å². The highest BCUT2D eigenvalue weighted by atomic mass is 19.1. The van der Waals surface area contributed by atoms with Gasteiger partial charge >= 0.3 is 5.97 Å². The number of esters is 1. The number of benzene rings is 1. The van der Waals surface area contributed by atoms with Gasteiger partial charge in [-0.2, -0.15) is 0 Å². The fourth-order valence-electron chi connectivity index (χ4n) is 4.36. The molecule has 0 aliphatic heterocycles. The van der Waals surface area contributed by atoms with Crippen LogP contribution in [0.1, 0.15) is 31.2 Å². The summed E-state index contributed by atoms with van der Waals surface area (Å²) < 4.78 is 18.2. The number of aliphatic hydroxyl groups is 1. The summed E-state index contributed by atoms with van der Waals surface area (Å²) in [6.07, 6.45) is 5.33. The summed E-state index contributed by atoms with van der Waals surface area (Å²) in [6.45, 7) is 1.02. The van der Waals surface area contributed by atoms with E-state index in [9.17, 15) is 14.3 Å². The van der Waals surface area contributed by atoms with E-state index in [0.717, 1.165) is 18.4 Å². The largest absolute Gasteiger partial charge is 0.468 e. The molecule has 0 bridgehead atoms. The number of aliphatic hydroxyl groups excluding tert-OH is 1. The summed E-state index contributed by atoms with van der Waals surface area (Å²) in [4.78, 5) is 14.4. The molecule has 2 rings (SSSR count). The van der Waals surface area contributed by atoms with Gasteiger partial charge in [-0.25, -0.2) is 4.39 Å². The molecule has 6 nitrogen and oxygen atoms in total. The molecule has 29 heavy (non-hydrogen) atoms. The normalized spacial score (nSPS) is 21.7. The Bertz CT molecular complexity index is 614. The van der Waals surface area contributed by atoms with Crippen LogP contribution in [0.4, 0.5) is 4.39 Å². The molecule has 0 aromatic heterocycles. The lowest BCUT2D eigenvalue weighted by Gasteiger charge is -2.39. The first kappa shape index (κ1) is 23.7. The molecule has 7 heteroatoms. The molecule has 0 saturated heterocycles. The summed E-state index contributed by atoms with van der Waals surface area (Å²) in [5, 5.41) is 16.7. The molecule has 1 aromatic carbocycles. The second-order valence-electron chi connectivity index (χ2n) is 7.93. The van der Waals surface area contributed by atoms with Crippen LogP contribution in [-0.4, -0.2) is 75.0 Å². The Morgan fingerprint density at radius 3 is 2.55 bits per heavy atom. The Hall–Kier alpha value is -1.54. The van der Waals surface area contributed by atoms with Crippen molar-refractivity contribution in [2.45, 2.75) is 50.2 Å². The van der Waals surface area contributed by atoms with Crippen LogP contribution in [0.3, 0.4) is 0 Å². The zero-order chi connectivity index (χ0) is 21.2. The highest BCUT2D eigenvalue weighted by Gasteiger charge is 2.33. The Kier molecular flexibility index (Phi) is 10.0. The minimum atomic E-state index is -0.691. The van der Waals surface area contributed by atoms with Crippen molar-refractivity contribution in [1.82, 2.24) is 15.5 Å². The molecular weight excluding hydrogens is 373 g/mol. The number of ether oxygens (including phenoxy) is 1. The fourth-order valence-corrected chi connectivity index (χ4v) is 4.36. The summed E-state index contributed by atoms with van der Waals surface area (Å²) in [7, 11) is 5.23. The van der Waals surface area contributed by atoms with Crippen LogP contribution < -0.4 is 10.6 Å². The number of nitrogens with one attached hydrogen (secondary N) is 2. The quantitative estimate of drug-likeness (QED) is 0.482. The van der Waals surface area contributed by atoms with Crippen molar-refractivity contribution in [3.63, 3.8) is 0 Å². The Morgan fingerprint density at radius 1 is 1.28 bits per heavy atom. The van der Waals surface area contributed by atoms with Gasteiger partial charge in [-0.05, 0) is 57.0 Å². The molecule has 0 spiro atoms. The maximum Gasteiger partial charge on any atom is 0.325 e. The molecule has 1 aliphatic carbocycles. The molecule has 1 aromatic rings. The van der Waals surface area contributed by atoms with Crippen molar-refractivity contribution >= 4 is 5.97 Å². The number of rotatable bonds is 11. The van der Waals surface area contributed by atoms with Gasteiger partial charge in [0.2, 0.25) is 0 Å². The number of methoxy groups -OCH3 is 1. The van der Waals surface area contributed by atoms with E-state index in [1.165, 1.54) is 32.1 Å². The van der Waals surface area contributed by atoms with Crippen molar-refractivity contribution in [1.29, 1.82) is 0 Å². The minimum Gasteiger partial charge on any atom is -0.468 e. The standard InChI is InChI=1S/C22H36FN3O3/c1-24-19(12-16-8-10-18(23)11-9-16)14-26(21(15-27)22(28)29-3)13-17-6-4-5-7-20(17)25-2/h8-11,17,19-21,24-25,27H,4-7,12-15H2,1-3H3. The van der Waals surface area contributed by atoms with E-state index in [-0.39, 0.29) is 18.5 Å². The second-order valence-corrected chi connectivity index (χ2v) is 7.93. The third-order valence-corrected chi connectivity index (χ3v) is 6.09. The molecule has 3 N–H and O–H groups in total. The maximum absolute atomic E-state index is 13.2. The van der Waals surface area contributed by atoms with Gasteiger partial charge in [0.25, 0.3) is 0 Å². The first-order valence-electron chi connectivity index (χ1n) is 10.5. The summed E-state index contributed by atoms with van der Waals surface area (Å²) in [6, 6.07) is 6.26. The average Bonchev–Trinajstić information content (AvgIpc) is 2.75.